The van der Waals surface area contributed by atoms with Crippen LogP contribution in [0.25, 0.3) is 11.4 Å². The molecule has 0 saturated carbocycles. The van der Waals surface area contributed by atoms with E-state index < -0.39 is 11.7 Å². The minimum Gasteiger partial charge on any atom is -0.370 e. The van der Waals surface area contributed by atoms with Crippen molar-refractivity contribution in [3.05, 3.63) is 59.9 Å². The van der Waals surface area contributed by atoms with Crippen LogP contribution in [0.15, 0.2) is 47.1 Å². The van der Waals surface area contributed by atoms with Crippen molar-refractivity contribution in [2.45, 2.75) is 19.0 Å². The van der Waals surface area contributed by atoms with Gasteiger partial charge < -0.3 is 9.84 Å². The summed E-state index contributed by atoms with van der Waals surface area (Å²) < 4.78 is 56.6. The van der Waals surface area contributed by atoms with Crippen LogP contribution >= 0.6 is 0 Å². The molecule has 26 heavy (non-hydrogen) atoms. The number of anilines is 1. The minimum atomic E-state index is -4.47. The molecule has 0 aliphatic carbocycles. The Morgan fingerprint density at radius 2 is 1.85 bits per heavy atom. The molecule has 0 fully saturated rings. The predicted molar refractivity (Wildman–Crippen MR) is 85.7 cm³/mol. The molecule has 1 N–H and O–H groups in total. The van der Waals surface area contributed by atoms with Crippen molar-refractivity contribution in [2.75, 3.05) is 11.9 Å². The average Bonchev–Trinajstić information content (AvgIpc) is 3.08. The van der Waals surface area contributed by atoms with Crippen LogP contribution in [0.3, 0.4) is 0 Å². The number of halogens is 4. The van der Waals surface area contributed by atoms with Gasteiger partial charge >= 0.3 is 6.18 Å². The van der Waals surface area contributed by atoms with Crippen LogP contribution in [-0.2, 0) is 12.6 Å². The molecule has 0 aliphatic rings. The highest BCUT2D eigenvalue weighted by Gasteiger charge is 2.33. The lowest BCUT2D eigenvalue weighted by Gasteiger charge is -2.12. The zero-order valence-electron chi connectivity index (χ0n) is 13.4. The first-order valence-corrected chi connectivity index (χ1v) is 7.78. The minimum absolute atomic E-state index is 0.211. The first-order chi connectivity index (χ1) is 12.4. The van der Waals surface area contributed by atoms with Gasteiger partial charge in [-0.3, -0.25) is 0 Å². The Hall–Kier alpha value is -2.97. The van der Waals surface area contributed by atoms with Gasteiger partial charge in [-0.1, -0.05) is 5.16 Å². The first kappa shape index (κ1) is 17.8. The summed E-state index contributed by atoms with van der Waals surface area (Å²) >= 11 is 0. The van der Waals surface area contributed by atoms with Crippen molar-refractivity contribution >= 4 is 5.82 Å². The zero-order valence-corrected chi connectivity index (χ0v) is 13.4. The summed E-state index contributed by atoms with van der Waals surface area (Å²) in [5.74, 6) is 0.106. The Bertz CT molecular complexity index is 862. The Balaban J connectivity index is 1.54. The third kappa shape index (κ3) is 4.35. The van der Waals surface area contributed by atoms with E-state index in [1.807, 2.05) is 0 Å². The molecule has 0 radical (unpaired) electrons. The molecule has 5 nitrogen and oxygen atoms in total. The smallest absolute Gasteiger partial charge is 0.370 e. The highest BCUT2D eigenvalue weighted by Crippen LogP contribution is 2.33. The molecular formula is C17H14F4N4O. The van der Waals surface area contributed by atoms with Crippen molar-refractivity contribution < 1.29 is 22.1 Å². The monoisotopic (exact) mass is 366 g/mol. The van der Waals surface area contributed by atoms with Gasteiger partial charge in [-0.05, 0) is 42.8 Å². The van der Waals surface area contributed by atoms with Gasteiger partial charge in [-0.2, -0.15) is 18.2 Å². The molecule has 2 aromatic heterocycles. The normalized spacial score (nSPS) is 11.5. The number of alkyl halides is 3. The van der Waals surface area contributed by atoms with Crippen molar-refractivity contribution in [1.82, 2.24) is 15.1 Å². The number of rotatable bonds is 6. The Labute approximate surface area is 146 Å². The van der Waals surface area contributed by atoms with E-state index in [2.05, 4.69) is 20.4 Å². The number of pyridine rings is 1. The van der Waals surface area contributed by atoms with E-state index in [1.54, 1.807) is 0 Å². The van der Waals surface area contributed by atoms with Crippen LogP contribution < -0.4 is 5.32 Å². The fourth-order valence-electron chi connectivity index (χ4n) is 2.29. The summed E-state index contributed by atoms with van der Waals surface area (Å²) in [6.07, 6.45) is -2.31. The van der Waals surface area contributed by atoms with Crippen molar-refractivity contribution in [1.29, 1.82) is 0 Å². The van der Waals surface area contributed by atoms with E-state index in [4.69, 9.17) is 4.52 Å². The number of nitrogens with one attached hydrogen (secondary N) is 1. The van der Waals surface area contributed by atoms with Gasteiger partial charge in [0.05, 0.1) is 5.56 Å². The zero-order chi connectivity index (χ0) is 18.6. The average molecular weight is 366 g/mol. The quantitative estimate of drug-likeness (QED) is 0.520. The lowest BCUT2D eigenvalue weighted by Crippen LogP contribution is -2.13. The summed E-state index contributed by atoms with van der Waals surface area (Å²) in [6.45, 7) is 0.258. The molecule has 0 bridgehead atoms. The third-order valence-electron chi connectivity index (χ3n) is 3.54. The number of hydrogen-bond acceptors (Lipinski definition) is 5. The highest BCUT2D eigenvalue weighted by molar-refractivity contribution is 5.53. The Morgan fingerprint density at radius 1 is 1.08 bits per heavy atom. The summed E-state index contributed by atoms with van der Waals surface area (Å²) in [6, 6.07) is 7.86. The molecule has 3 aromatic rings. The summed E-state index contributed by atoms with van der Waals surface area (Å²) in [5, 5.41) is 6.48. The van der Waals surface area contributed by atoms with E-state index in [-0.39, 0.29) is 18.2 Å². The third-order valence-corrected chi connectivity index (χ3v) is 3.54. The Morgan fingerprint density at radius 3 is 2.58 bits per heavy atom. The van der Waals surface area contributed by atoms with Gasteiger partial charge in [0.1, 0.15) is 11.6 Å². The second-order valence-electron chi connectivity index (χ2n) is 5.45. The second-order valence-corrected chi connectivity index (χ2v) is 5.45. The molecule has 0 spiro atoms. The van der Waals surface area contributed by atoms with E-state index in [0.717, 1.165) is 6.07 Å². The van der Waals surface area contributed by atoms with Gasteiger partial charge in [0.25, 0.3) is 0 Å². The topological polar surface area (TPSA) is 63.8 Å². The molecule has 1 aromatic carbocycles. The van der Waals surface area contributed by atoms with Crippen LogP contribution in [0.5, 0.6) is 0 Å². The van der Waals surface area contributed by atoms with E-state index >= 15 is 0 Å². The van der Waals surface area contributed by atoms with Crippen LogP contribution in [0.4, 0.5) is 23.4 Å². The maximum absolute atomic E-state index is 12.9. The van der Waals surface area contributed by atoms with Gasteiger partial charge in [0, 0.05) is 24.7 Å². The number of hydrogen-bond donors (Lipinski definition) is 1. The fraction of sp³-hybridized carbons (Fsp3) is 0.235. The van der Waals surface area contributed by atoms with Gasteiger partial charge in [0.15, 0.2) is 0 Å². The van der Waals surface area contributed by atoms with Gasteiger partial charge in [-0.15, -0.1) is 0 Å². The van der Waals surface area contributed by atoms with Crippen molar-refractivity contribution in [3.8, 4) is 11.4 Å². The molecular weight excluding hydrogens is 352 g/mol. The fourth-order valence-corrected chi connectivity index (χ4v) is 2.29. The highest BCUT2D eigenvalue weighted by atomic mass is 19.4. The molecule has 136 valence electrons. The maximum Gasteiger partial charge on any atom is 0.419 e. The molecule has 0 saturated heterocycles. The summed E-state index contributed by atoms with van der Waals surface area (Å²) in [4.78, 5) is 7.92. The van der Waals surface area contributed by atoms with Crippen LogP contribution in [0, 0.1) is 5.82 Å². The molecule has 0 aliphatic heterocycles. The molecule has 2 heterocycles. The second kappa shape index (κ2) is 7.51. The summed E-state index contributed by atoms with van der Waals surface area (Å²) in [7, 11) is 0. The van der Waals surface area contributed by atoms with Crippen LogP contribution in [-0.4, -0.2) is 21.7 Å². The standard InChI is InChI=1S/C17H14F4N4O/c18-12-7-5-11(6-8-12)15-24-14(26-25-15)4-2-10-23-16-13(17(19,20)21)3-1-9-22-16/h1,3,5-9H,2,4,10H2,(H,22,23). The lowest BCUT2D eigenvalue weighted by atomic mass is 10.2. The van der Waals surface area contributed by atoms with E-state index in [0.29, 0.717) is 30.1 Å². The van der Waals surface area contributed by atoms with Crippen LogP contribution in [0.2, 0.25) is 0 Å². The number of benzene rings is 1. The van der Waals surface area contributed by atoms with Crippen molar-refractivity contribution in [3.63, 3.8) is 0 Å². The summed E-state index contributed by atoms with van der Waals surface area (Å²) in [5.41, 5.74) is -0.195. The Kier molecular flexibility index (Phi) is 5.15. The lowest BCUT2D eigenvalue weighted by molar-refractivity contribution is -0.137. The predicted octanol–water partition coefficient (Wildman–Crippen LogP) is 4.33. The number of aromatic nitrogens is 3. The molecule has 0 unspecified atom stereocenters. The van der Waals surface area contributed by atoms with Crippen molar-refractivity contribution in [2.24, 2.45) is 0 Å². The molecule has 3 rings (SSSR count). The van der Waals surface area contributed by atoms with E-state index in [9.17, 15) is 17.6 Å². The molecule has 0 amide bonds. The van der Waals surface area contributed by atoms with Gasteiger partial charge in [-0.25, -0.2) is 9.37 Å². The number of aryl methyl sites for hydroxylation is 1. The largest absolute Gasteiger partial charge is 0.419 e. The maximum atomic E-state index is 12.9. The van der Waals surface area contributed by atoms with Crippen LogP contribution in [0.1, 0.15) is 17.9 Å². The van der Waals surface area contributed by atoms with Gasteiger partial charge in [0.2, 0.25) is 11.7 Å². The first-order valence-electron chi connectivity index (χ1n) is 7.78. The van der Waals surface area contributed by atoms with E-state index in [1.165, 1.54) is 36.5 Å². The molecule has 9 heteroatoms. The SMILES string of the molecule is Fc1ccc(-c2noc(CCCNc3ncccc3C(F)(F)F)n2)cc1. The number of nitrogens with zero attached hydrogens (tertiary/aromatic N) is 3. The molecule has 0 atom stereocenters.